The SMILES string of the molecule is CCCCCn1nc(C(=O)N[C@@H](C)CN)c2ccccc2c1=O.Cl. The predicted molar refractivity (Wildman–Crippen MR) is 98.8 cm³/mol. The molecule has 6 nitrogen and oxygen atoms in total. The van der Waals surface area contributed by atoms with Crippen LogP contribution in [0.1, 0.15) is 43.6 Å². The van der Waals surface area contributed by atoms with Crippen molar-refractivity contribution in [2.24, 2.45) is 5.73 Å². The fourth-order valence-corrected chi connectivity index (χ4v) is 2.42. The molecule has 2 rings (SSSR count). The number of hydrogen-bond acceptors (Lipinski definition) is 4. The van der Waals surface area contributed by atoms with Crippen molar-refractivity contribution in [2.75, 3.05) is 6.54 Å². The lowest BCUT2D eigenvalue weighted by Gasteiger charge is -2.14. The van der Waals surface area contributed by atoms with Crippen molar-refractivity contribution in [3.8, 4) is 0 Å². The Morgan fingerprint density at radius 3 is 2.58 bits per heavy atom. The van der Waals surface area contributed by atoms with Crippen LogP contribution in [0.3, 0.4) is 0 Å². The summed E-state index contributed by atoms with van der Waals surface area (Å²) in [5.41, 5.74) is 5.68. The molecule has 3 N–H and O–H groups in total. The van der Waals surface area contributed by atoms with E-state index in [1.54, 1.807) is 24.3 Å². The smallest absolute Gasteiger partial charge is 0.274 e. The highest BCUT2D eigenvalue weighted by Crippen LogP contribution is 2.13. The molecule has 1 atom stereocenters. The quantitative estimate of drug-likeness (QED) is 0.746. The highest BCUT2D eigenvalue weighted by molar-refractivity contribution is 6.04. The lowest BCUT2D eigenvalue weighted by atomic mass is 10.1. The molecule has 0 fully saturated rings. The lowest BCUT2D eigenvalue weighted by Crippen LogP contribution is -2.39. The second-order valence-corrected chi connectivity index (χ2v) is 5.74. The highest BCUT2D eigenvalue weighted by atomic mass is 35.5. The Morgan fingerprint density at radius 1 is 1.29 bits per heavy atom. The van der Waals surface area contributed by atoms with E-state index in [9.17, 15) is 9.59 Å². The molecule has 0 aliphatic carbocycles. The molecule has 1 aromatic heterocycles. The zero-order valence-electron chi connectivity index (χ0n) is 14.1. The summed E-state index contributed by atoms with van der Waals surface area (Å²) < 4.78 is 1.40. The summed E-state index contributed by atoms with van der Waals surface area (Å²) in [6, 6.07) is 6.93. The molecule has 0 spiro atoms. The van der Waals surface area contributed by atoms with Crippen LogP contribution in [0.25, 0.3) is 10.8 Å². The van der Waals surface area contributed by atoms with Crippen molar-refractivity contribution in [3.63, 3.8) is 0 Å². The molecule has 0 saturated carbocycles. The molecule has 1 heterocycles. The monoisotopic (exact) mass is 352 g/mol. The zero-order chi connectivity index (χ0) is 16.8. The molecule has 0 radical (unpaired) electrons. The van der Waals surface area contributed by atoms with E-state index in [0.29, 0.717) is 23.9 Å². The largest absolute Gasteiger partial charge is 0.347 e. The van der Waals surface area contributed by atoms with Crippen LogP contribution in [0.5, 0.6) is 0 Å². The average Bonchev–Trinajstić information content (AvgIpc) is 2.57. The predicted octanol–water partition coefficient (Wildman–Crippen LogP) is 2.09. The highest BCUT2D eigenvalue weighted by Gasteiger charge is 2.17. The van der Waals surface area contributed by atoms with Crippen LogP contribution in [0.4, 0.5) is 0 Å². The van der Waals surface area contributed by atoms with E-state index in [-0.39, 0.29) is 35.6 Å². The van der Waals surface area contributed by atoms with E-state index in [1.165, 1.54) is 4.68 Å². The second-order valence-electron chi connectivity index (χ2n) is 5.74. The number of nitrogens with one attached hydrogen (secondary N) is 1. The van der Waals surface area contributed by atoms with E-state index in [2.05, 4.69) is 17.3 Å². The maximum absolute atomic E-state index is 12.5. The van der Waals surface area contributed by atoms with Gasteiger partial charge in [-0.3, -0.25) is 9.59 Å². The summed E-state index contributed by atoms with van der Waals surface area (Å²) in [7, 11) is 0. The molecule has 132 valence electrons. The number of carbonyl (C=O) groups excluding carboxylic acids is 1. The first kappa shape index (κ1) is 20.1. The summed E-state index contributed by atoms with van der Waals surface area (Å²) >= 11 is 0. The number of nitrogens with two attached hydrogens (primary N) is 1. The van der Waals surface area contributed by atoms with E-state index in [0.717, 1.165) is 19.3 Å². The second kappa shape index (κ2) is 9.39. The topological polar surface area (TPSA) is 90.0 Å². The van der Waals surface area contributed by atoms with Crippen molar-refractivity contribution in [1.82, 2.24) is 15.1 Å². The van der Waals surface area contributed by atoms with Crippen molar-refractivity contribution in [1.29, 1.82) is 0 Å². The molecular formula is C17H25ClN4O2. The van der Waals surface area contributed by atoms with Gasteiger partial charge in [-0.2, -0.15) is 5.10 Å². The fraction of sp³-hybridized carbons (Fsp3) is 0.471. The molecule has 1 amide bonds. The van der Waals surface area contributed by atoms with Gasteiger partial charge in [0.25, 0.3) is 11.5 Å². The number of benzene rings is 1. The summed E-state index contributed by atoms with van der Waals surface area (Å²) in [5.74, 6) is -0.302. The maximum atomic E-state index is 12.5. The molecular weight excluding hydrogens is 328 g/mol. The number of halogens is 1. The number of aromatic nitrogens is 2. The lowest BCUT2D eigenvalue weighted by molar-refractivity contribution is 0.0935. The Kier molecular flexibility index (Phi) is 7.88. The Labute approximate surface area is 147 Å². The molecule has 0 bridgehead atoms. The van der Waals surface area contributed by atoms with Crippen LogP contribution in [0.2, 0.25) is 0 Å². The van der Waals surface area contributed by atoms with Crippen molar-refractivity contribution < 1.29 is 4.79 Å². The van der Waals surface area contributed by atoms with E-state index >= 15 is 0 Å². The third-order valence-electron chi connectivity index (χ3n) is 3.79. The molecule has 0 aliphatic rings. The number of amides is 1. The van der Waals surface area contributed by atoms with E-state index in [1.807, 2.05) is 6.92 Å². The normalized spacial score (nSPS) is 11.8. The number of fused-ring (bicyclic) bond motifs is 1. The number of unbranched alkanes of at least 4 members (excludes halogenated alkanes) is 2. The van der Waals surface area contributed by atoms with Crippen LogP contribution in [-0.4, -0.2) is 28.3 Å². The number of aryl methyl sites for hydroxylation is 1. The van der Waals surface area contributed by atoms with Gasteiger partial charge in [0.05, 0.1) is 5.39 Å². The van der Waals surface area contributed by atoms with Crippen molar-refractivity contribution in [3.05, 3.63) is 40.3 Å². The molecule has 1 aromatic carbocycles. The van der Waals surface area contributed by atoms with Gasteiger partial charge in [0.1, 0.15) is 0 Å². The average molecular weight is 353 g/mol. The van der Waals surface area contributed by atoms with Gasteiger partial charge in [-0.05, 0) is 19.4 Å². The van der Waals surface area contributed by atoms with E-state index < -0.39 is 0 Å². The minimum absolute atomic E-state index is 0. The van der Waals surface area contributed by atoms with Crippen molar-refractivity contribution >= 4 is 29.1 Å². The maximum Gasteiger partial charge on any atom is 0.274 e. The Morgan fingerprint density at radius 2 is 1.96 bits per heavy atom. The van der Waals surface area contributed by atoms with E-state index in [4.69, 9.17) is 5.73 Å². The first-order valence-corrected chi connectivity index (χ1v) is 8.09. The van der Waals surface area contributed by atoms with Gasteiger partial charge in [-0.1, -0.05) is 38.0 Å². The number of hydrogen-bond donors (Lipinski definition) is 2. The third kappa shape index (κ3) is 4.55. The first-order chi connectivity index (χ1) is 11.1. The number of rotatable bonds is 7. The number of nitrogens with zero attached hydrogens (tertiary/aromatic N) is 2. The van der Waals surface area contributed by atoms with Gasteiger partial charge in [-0.25, -0.2) is 4.68 Å². The van der Waals surface area contributed by atoms with Crippen LogP contribution in [-0.2, 0) is 6.54 Å². The number of carbonyl (C=O) groups is 1. The molecule has 0 saturated heterocycles. The minimum atomic E-state index is -0.302. The van der Waals surface area contributed by atoms with Gasteiger partial charge in [0.2, 0.25) is 0 Å². The molecule has 24 heavy (non-hydrogen) atoms. The Bertz CT molecular complexity index is 745. The molecule has 7 heteroatoms. The van der Waals surface area contributed by atoms with Crippen molar-refractivity contribution in [2.45, 2.75) is 45.7 Å². The molecule has 0 aliphatic heterocycles. The Balaban J connectivity index is 0.00000288. The molecule has 0 unspecified atom stereocenters. The molecule has 2 aromatic rings. The summed E-state index contributed by atoms with van der Waals surface area (Å²) in [6.07, 6.45) is 2.94. The van der Waals surface area contributed by atoms with Gasteiger partial charge < -0.3 is 11.1 Å². The van der Waals surface area contributed by atoms with Gasteiger partial charge in [-0.15, -0.1) is 12.4 Å². The fourth-order valence-electron chi connectivity index (χ4n) is 2.42. The zero-order valence-corrected chi connectivity index (χ0v) is 14.9. The third-order valence-corrected chi connectivity index (χ3v) is 3.79. The van der Waals surface area contributed by atoms with Crippen LogP contribution < -0.4 is 16.6 Å². The van der Waals surface area contributed by atoms with Crippen LogP contribution >= 0.6 is 12.4 Å². The first-order valence-electron chi connectivity index (χ1n) is 8.09. The minimum Gasteiger partial charge on any atom is -0.347 e. The van der Waals surface area contributed by atoms with Gasteiger partial charge in [0.15, 0.2) is 5.69 Å². The van der Waals surface area contributed by atoms with Gasteiger partial charge >= 0.3 is 0 Å². The van der Waals surface area contributed by atoms with Gasteiger partial charge in [0, 0.05) is 24.5 Å². The summed E-state index contributed by atoms with van der Waals surface area (Å²) in [5, 5.41) is 8.21. The summed E-state index contributed by atoms with van der Waals surface area (Å²) in [6.45, 7) is 4.80. The Hall–Kier alpha value is -1.92. The van der Waals surface area contributed by atoms with Crippen LogP contribution in [0.15, 0.2) is 29.1 Å². The van der Waals surface area contributed by atoms with Crippen LogP contribution in [0, 0.1) is 0 Å². The standard InChI is InChI=1S/C17H24N4O2.ClH/c1-3-4-7-10-21-17(23)14-9-6-5-8-13(14)15(20-21)16(22)19-12(2)11-18;/h5-6,8-9,12H,3-4,7,10-11,18H2,1-2H3,(H,19,22);1H/t12-;/m0./s1. The summed E-state index contributed by atoms with van der Waals surface area (Å²) in [4.78, 5) is 25.0.